The van der Waals surface area contributed by atoms with Gasteiger partial charge in [-0.2, -0.15) is 0 Å². The number of aryl methyl sites for hydroxylation is 1. The second-order valence-electron chi connectivity index (χ2n) is 5.05. The summed E-state index contributed by atoms with van der Waals surface area (Å²) >= 11 is 0. The van der Waals surface area contributed by atoms with Crippen LogP contribution >= 0.6 is 7.14 Å². The third-order valence-corrected chi connectivity index (χ3v) is 4.53. The monoisotopic (exact) mass is 300 g/mol. The van der Waals surface area contributed by atoms with Crippen molar-refractivity contribution < 1.29 is 19.7 Å². The van der Waals surface area contributed by atoms with E-state index in [1.807, 2.05) is 6.07 Å². The maximum absolute atomic E-state index is 12.0. The molecule has 0 saturated carbocycles. The Bertz CT molecular complexity index is 515. The first-order chi connectivity index (χ1) is 9.23. The summed E-state index contributed by atoms with van der Waals surface area (Å²) in [5.41, 5.74) is 1.18. The summed E-state index contributed by atoms with van der Waals surface area (Å²) in [4.78, 5) is 12.0. The van der Waals surface area contributed by atoms with Crippen molar-refractivity contribution in [1.29, 1.82) is 0 Å². The van der Waals surface area contributed by atoms with E-state index in [1.165, 1.54) is 13.3 Å². The Hall–Kier alpha value is -1.20. The average molecular weight is 300 g/mol. The van der Waals surface area contributed by atoms with E-state index >= 15 is 0 Å². The first-order valence-corrected chi connectivity index (χ1v) is 8.90. The molecule has 1 aromatic carbocycles. The van der Waals surface area contributed by atoms with Crippen LogP contribution in [0.15, 0.2) is 24.3 Å². The topological polar surface area (TPSA) is 89.9 Å². The second kappa shape index (κ2) is 6.99. The number of carbonyl (C=O) groups is 1. The minimum absolute atomic E-state index is 0.0440. The van der Waals surface area contributed by atoms with E-state index in [0.29, 0.717) is 10.6 Å². The molecule has 0 radical (unpaired) electrons. The summed E-state index contributed by atoms with van der Waals surface area (Å²) in [6.45, 7) is 4.64. The Morgan fingerprint density at radius 1 is 1.40 bits per heavy atom. The molecule has 0 aliphatic carbocycles. The van der Waals surface area contributed by atoms with Gasteiger partial charge in [0.05, 0.1) is 6.67 Å². The van der Waals surface area contributed by atoms with Gasteiger partial charge in [-0.05, 0) is 31.9 Å². The van der Waals surface area contributed by atoms with Gasteiger partial charge in [0.1, 0.15) is 13.0 Å². The molecule has 1 atom stereocenters. The maximum Gasteiger partial charge on any atom is 0.278 e. The lowest BCUT2D eigenvalue weighted by molar-refractivity contribution is -0.0638. The molecule has 0 fully saturated rings. The third-order valence-electron chi connectivity index (χ3n) is 2.92. The molecular weight excluding hydrogens is 279 g/mol. The molecule has 3 N–H and O–H groups in total. The highest BCUT2D eigenvalue weighted by atomic mass is 31.2. The van der Waals surface area contributed by atoms with Crippen molar-refractivity contribution in [3.05, 3.63) is 35.4 Å². The largest absolute Gasteiger partial charge is 0.384 e. The van der Waals surface area contributed by atoms with Crippen LogP contribution in [0.1, 0.15) is 15.9 Å². The van der Waals surface area contributed by atoms with Gasteiger partial charge in [-0.3, -0.25) is 15.3 Å². The molecule has 0 aromatic heterocycles. The molecule has 0 aliphatic rings. The van der Waals surface area contributed by atoms with Gasteiger partial charge >= 0.3 is 0 Å². The molecule has 7 heteroatoms. The van der Waals surface area contributed by atoms with Crippen LogP contribution in [0.5, 0.6) is 0 Å². The summed E-state index contributed by atoms with van der Waals surface area (Å²) in [5.74, 6) is -1.52. The molecule has 0 aliphatic heterocycles. The van der Waals surface area contributed by atoms with Crippen LogP contribution in [0.3, 0.4) is 0 Å². The lowest BCUT2D eigenvalue weighted by Crippen LogP contribution is -2.39. The smallest absolute Gasteiger partial charge is 0.278 e. The zero-order valence-corrected chi connectivity index (χ0v) is 12.8. The van der Waals surface area contributed by atoms with Gasteiger partial charge < -0.3 is 9.67 Å². The molecule has 1 aromatic rings. The SMILES string of the molecule is Cc1ccccc1C(=O)N(O)CNCC(O)P(C)(C)=O. The zero-order chi connectivity index (χ0) is 15.3. The molecule has 0 bridgehead atoms. The van der Waals surface area contributed by atoms with Gasteiger partial charge in [-0.15, -0.1) is 0 Å². The minimum Gasteiger partial charge on any atom is -0.384 e. The first-order valence-electron chi connectivity index (χ1n) is 6.23. The van der Waals surface area contributed by atoms with Gasteiger partial charge in [0, 0.05) is 12.1 Å². The summed E-state index contributed by atoms with van der Waals surface area (Å²) in [7, 11) is -2.60. The van der Waals surface area contributed by atoms with E-state index in [0.717, 1.165) is 5.56 Å². The fourth-order valence-corrected chi connectivity index (χ4v) is 2.11. The van der Waals surface area contributed by atoms with E-state index in [1.54, 1.807) is 25.1 Å². The molecule has 20 heavy (non-hydrogen) atoms. The van der Waals surface area contributed by atoms with Crippen LogP contribution in [0.25, 0.3) is 0 Å². The van der Waals surface area contributed by atoms with Crippen molar-refractivity contribution in [1.82, 2.24) is 10.4 Å². The van der Waals surface area contributed by atoms with Gasteiger partial charge in [-0.1, -0.05) is 18.2 Å². The van der Waals surface area contributed by atoms with Crippen molar-refractivity contribution in [2.24, 2.45) is 0 Å². The van der Waals surface area contributed by atoms with Gasteiger partial charge in [0.15, 0.2) is 0 Å². The first kappa shape index (κ1) is 16.9. The minimum atomic E-state index is -2.60. The van der Waals surface area contributed by atoms with E-state index in [9.17, 15) is 19.7 Å². The standard InChI is InChI=1S/C13H21N2O4P/c1-10-6-4-5-7-11(10)13(17)15(18)9-14-8-12(16)20(2,3)19/h4-7,12,14,16,18H,8-9H2,1-3H3. The Labute approximate surface area is 118 Å². The maximum atomic E-state index is 12.0. The number of benzene rings is 1. The number of amides is 1. The fourth-order valence-electron chi connectivity index (χ4n) is 1.54. The van der Waals surface area contributed by atoms with Crippen LogP contribution in [0.2, 0.25) is 0 Å². The Morgan fingerprint density at radius 3 is 2.55 bits per heavy atom. The van der Waals surface area contributed by atoms with Crippen molar-refractivity contribution in [3.8, 4) is 0 Å². The summed E-state index contributed by atoms with van der Waals surface area (Å²) in [6.07, 6.45) is 0. The number of carbonyl (C=O) groups excluding carboxylic acids is 1. The summed E-state index contributed by atoms with van der Waals surface area (Å²) in [5, 5.41) is 22.5. The fraction of sp³-hybridized carbons (Fsp3) is 0.462. The van der Waals surface area contributed by atoms with Crippen LogP contribution < -0.4 is 5.32 Å². The van der Waals surface area contributed by atoms with Gasteiger partial charge in [-0.25, -0.2) is 5.06 Å². The van der Waals surface area contributed by atoms with Crippen LogP contribution in [-0.2, 0) is 4.57 Å². The number of rotatable bonds is 6. The van der Waals surface area contributed by atoms with E-state index in [4.69, 9.17) is 0 Å². The normalized spacial score (nSPS) is 13.1. The number of aliphatic hydroxyl groups excluding tert-OH is 1. The number of nitrogens with zero attached hydrogens (tertiary/aromatic N) is 1. The van der Waals surface area contributed by atoms with Crippen molar-refractivity contribution >= 4 is 13.0 Å². The molecular formula is C13H21N2O4P. The highest BCUT2D eigenvalue weighted by Gasteiger charge is 2.20. The molecule has 0 spiro atoms. The van der Waals surface area contributed by atoms with Gasteiger partial charge in [0.2, 0.25) is 0 Å². The van der Waals surface area contributed by atoms with Crippen LogP contribution in [0, 0.1) is 6.92 Å². The molecule has 6 nitrogen and oxygen atoms in total. The molecule has 112 valence electrons. The zero-order valence-electron chi connectivity index (χ0n) is 11.9. The highest BCUT2D eigenvalue weighted by Crippen LogP contribution is 2.40. The molecule has 1 amide bonds. The van der Waals surface area contributed by atoms with E-state index in [-0.39, 0.29) is 13.2 Å². The predicted molar refractivity (Wildman–Crippen MR) is 77.5 cm³/mol. The summed E-state index contributed by atoms with van der Waals surface area (Å²) in [6, 6.07) is 6.93. The molecule has 0 saturated heterocycles. The number of hydrogen-bond acceptors (Lipinski definition) is 5. The quantitative estimate of drug-likeness (QED) is 0.319. The van der Waals surface area contributed by atoms with E-state index in [2.05, 4.69) is 5.32 Å². The molecule has 0 heterocycles. The predicted octanol–water partition coefficient (Wildman–Crippen LogP) is 1.31. The third kappa shape index (κ3) is 4.72. The van der Waals surface area contributed by atoms with Crippen LogP contribution in [0.4, 0.5) is 0 Å². The highest BCUT2D eigenvalue weighted by molar-refractivity contribution is 7.62. The molecule has 1 unspecified atom stereocenters. The van der Waals surface area contributed by atoms with Gasteiger partial charge in [0.25, 0.3) is 5.91 Å². The Morgan fingerprint density at radius 2 is 2.00 bits per heavy atom. The lowest BCUT2D eigenvalue weighted by atomic mass is 10.1. The number of aliphatic hydroxyl groups is 1. The summed E-state index contributed by atoms with van der Waals surface area (Å²) < 4.78 is 11.6. The van der Waals surface area contributed by atoms with Crippen molar-refractivity contribution in [3.63, 3.8) is 0 Å². The Kier molecular flexibility index (Phi) is 5.89. The van der Waals surface area contributed by atoms with Crippen LogP contribution in [-0.4, -0.2) is 53.7 Å². The number of nitrogens with one attached hydrogen (secondary N) is 1. The van der Waals surface area contributed by atoms with Crippen molar-refractivity contribution in [2.75, 3.05) is 26.5 Å². The average Bonchev–Trinajstić information content (AvgIpc) is 2.37. The number of hydrogen-bond donors (Lipinski definition) is 3. The van der Waals surface area contributed by atoms with Crippen molar-refractivity contribution in [2.45, 2.75) is 12.8 Å². The lowest BCUT2D eigenvalue weighted by Gasteiger charge is -2.20. The number of hydroxylamine groups is 2. The van der Waals surface area contributed by atoms with E-state index < -0.39 is 18.9 Å². The Balaban J connectivity index is 2.52. The molecule has 1 rings (SSSR count). The second-order valence-corrected chi connectivity index (χ2v) is 8.51.